The molecule has 18 heavy (non-hydrogen) atoms. The summed E-state index contributed by atoms with van der Waals surface area (Å²) < 4.78 is 22.7. The van der Waals surface area contributed by atoms with Gasteiger partial charge in [0.15, 0.2) is 0 Å². The lowest BCUT2D eigenvalue weighted by atomic mass is 9.92. The Morgan fingerprint density at radius 2 is 1.89 bits per heavy atom. The lowest BCUT2D eigenvalue weighted by Crippen LogP contribution is -2.37. The second kappa shape index (κ2) is 5.05. The molecule has 0 unspecified atom stereocenters. The smallest absolute Gasteiger partial charge is 0.240 e. The van der Waals surface area contributed by atoms with Crippen molar-refractivity contribution in [2.24, 2.45) is 16.3 Å². The summed E-state index contributed by atoms with van der Waals surface area (Å²) in [4.78, 5) is 11.8. The van der Waals surface area contributed by atoms with Crippen LogP contribution in [0.4, 0.5) is 5.69 Å². The lowest BCUT2D eigenvalue weighted by Gasteiger charge is -2.21. The highest BCUT2D eigenvalue weighted by Crippen LogP contribution is 2.22. The van der Waals surface area contributed by atoms with Crippen LogP contribution in [0.3, 0.4) is 0 Å². The van der Waals surface area contributed by atoms with Gasteiger partial charge in [-0.05, 0) is 26.0 Å². The molecule has 100 valence electrons. The Morgan fingerprint density at radius 1 is 1.33 bits per heavy atom. The highest BCUT2D eigenvalue weighted by atomic mass is 32.2. The molecule has 1 aromatic rings. The van der Waals surface area contributed by atoms with E-state index in [1.165, 1.54) is 18.2 Å². The number of rotatable bonds is 4. The van der Waals surface area contributed by atoms with Crippen molar-refractivity contribution in [3.63, 3.8) is 0 Å². The average Bonchev–Trinajstić information content (AvgIpc) is 2.28. The van der Waals surface area contributed by atoms with E-state index in [0.717, 1.165) is 0 Å². The minimum absolute atomic E-state index is 0.119. The third kappa shape index (κ3) is 3.28. The zero-order valence-electron chi connectivity index (χ0n) is 10.3. The largest absolute Gasteiger partial charge is 0.329 e. The Hall–Kier alpha value is -1.44. The molecular formula is C11H17N3O3S. The normalized spacial score (nSPS) is 12.2. The Balaban J connectivity index is 3.11. The topological polar surface area (TPSA) is 115 Å². The molecule has 5 N–H and O–H groups in total. The molecule has 1 rings (SSSR count). The van der Waals surface area contributed by atoms with Crippen molar-refractivity contribution in [1.82, 2.24) is 0 Å². The molecule has 0 aromatic heterocycles. The highest BCUT2D eigenvalue weighted by Gasteiger charge is 2.27. The van der Waals surface area contributed by atoms with E-state index >= 15 is 0 Å². The van der Waals surface area contributed by atoms with Gasteiger partial charge in [0.25, 0.3) is 0 Å². The Morgan fingerprint density at radius 3 is 2.39 bits per heavy atom. The summed E-state index contributed by atoms with van der Waals surface area (Å²) in [5.41, 5.74) is 4.85. The first kappa shape index (κ1) is 14.6. The van der Waals surface area contributed by atoms with Gasteiger partial charge in [0, 0.05) is 6.54 Å². The molecular weight excluding hydrogens is 254 g/mol. The Kier molecular flexibility index (Phi) is 4.10. The molecule has 0 aliphatic rings. The van der Waals surface area contributed by atoms with Gasteiger partial charge in [0.05, 0.1) is 11.1 Å². The predicted octanol–water partition coefficient (Wildman–Crippen LogP) is 0.257. The van der Waals surface area contributed by atoms with Crippen molar-refractivity contribution in [3.8, 4) is 0 Å². The van der Waals surface area contributed by atoms with Gasteiger partial charge in [-0.15, -0.1) is 0 Å². The fraction of sp³-hybridized carbons (Fsp3) is 0.364. The van der Waals surface area contributed by atoms with Crippen LogP contribution >= 0.6 is 0 Å². The number of para-hydroxylation sites is 1. The van der Waals surface area contributed by atoms with Crippen LogP contribution in [0.1, 0.15) is 13.8 Å². The number of carbonyl (C=O) groups excluding carboxylic acids is 1. The van der Waals surface area contributed by atoms with Gasteiger partial charge in [-0.3, -0.25) is 4.79 Å². The number of nitrogens with two attached hydrogens (primary N) is 2. The zero-order valence-corrected chi connectivity index (χ0v) is 11.1. The van der Waals surface area contributed by atoms with Crippen molar-refractivity contribution >= 4 is 21.6 Å². The number of nitrogens with one attached hydrogen (secondary N) is 1. The lowest BCUT2D eigenvalue weighted by molar-refractivity contribution is -0.123. The van der Waals surface area contributed by atoms with Crippen molar-refractivity contribution in [1.29, 1.82) is 0 Å². The van der Waals surface area contributed by atoms with E-state index in [9.17, 15) is 13.2 Å². The van der Waals surface area contributed by atoms with E-state index in [0.29, 0.717) is 0 Å². The van der Waals surface area contributed by atoms with E-state index in [-0.39, 0.29) is 23.0 Å². The number of primary sulfonamides is 1. The van der Waals surface area contributed by atoms with Crippen LogP contribution in [0.25, 0.3) is 0 Å². The summed E-state index contributed by atoms with van der Waals surface area (Å²) in [6, 6.07) is 5.95. The molecule has 0 atom stereocenters. The fourth-order valence-electron chi connectivity index (χ4n) is 1.20. The molecule has 0 aliphatic heterocycles. The number of hydrogen-bond donors (Lipinski definition) is 3. The maximum Gasteiger partial charge on any atom is 0.240 e. The molecule has 1 aromatic carbocycles. The molecule has 7 heteroatoms. The summed E-state index contributed by atoms with van der Waals surface area (Å²) in [6.45, 7) is 3.49. The molecule has 0 saturated heterocycles. The summed E-state index contributed by atoms with van der Waals surface area (Å²) in [5.74, 6) is -0.360. The minimum atomic E-state index is -3.88. The molecule has 0 aliphatic carbocycles. The van der Waals surface area contributed by atoms with Gasteiger partial charge < -0.3 is 11.1 Å². The van der Waals surface area contributed by atoms with Crippen LogP contribution in [0.2, 0.25) is 0 Å². The van der Waals surface area contributed by atoms with E-state index in [4.69, 9.17) is 10.9 Å². The maximum absolute atomic E-state index is 11.9. The second-order valence-electron chi connectivity index (χ2n) is 4.58. The van der Waals surface area contributed by atoms with Crippen LogP contribution in [-0.2, 0) is 14.8 Å². The predicted molar refractivity (Wildman–Crippen MR) is 69.3 cm³/mol. The van der Waals surface area contributed by atoms with E-state index in [1.807, 2.05) is 0 Å². The molecule has 0 spiro atoms. The first-order valence-corrected chi connectivity index (χ1v) is 6.86. The SMILES string of the molecule is CC(C)(CN)C(=O)Nc1ccccc1S(N)(=O)=O. The molecule has 0 radical (unpaired) electrons. The molecule has 0 bridgehead atoms. The first-order chi connectivity index (χ1) is 8.18. The molecule has 6 nitrogen and oxygen atoms in total. The van der Waals surface area contributed by atoms with E-state index in [1.54, 1.807) is 19.9 Å². The maximum atomic E-state index is 11.9. The number of carbonyl (C=O) groups is 1. The fourth-order valence-corrected chi connectivity index (χ4v) is 1.90. The van der Waals surface area contributed by atoms with Crippen LogP contribution in [0.5, 0.6) is 0 Å². The Bertz CT molecular complexity index is 552. The monoisotopic (exact) mass is 271 g/mol. The average molecular weight is 271 g/mol. The van der Waals surface area contributed by atoms with Crippen molar-refractivity contribution < 1.29 is 13.2 Å². The summed E-state index contributed by atoms with van der Waals surface area (Å²) in [7, 11) is -3.88. The molecule has 1 amide bonds. The molecule has 0 saturated carbocycles. The van der Waals surface area contributed by atoms with Crippen molar-refractivity contribution in [3.05, 3.63) is 24.3 Å². The first-order valence-electron chi connectivity index (χ1n) is 5.32. The van der Waals surface area contributed by atoms with Crippen LogP contribution in [0, 0.1) is 5.41 Å². The Labute approximate surface area is 106 Å². The van der Waals surface area contributed by atoms with Gasteiger partial charge >= 0.3 is 0 Å². The number of hydrogen-bond acceptors (Lipinski definition) is 4. The van der Waals surface area contributed by atoms with Gasteiger partial charge in [-0.25, -0.2) is 13.6 Å². The second-order valence-corrected chi connectivity index (χ2v) is 6.11. The van der Waals surface area contributed by atoms with Gasteiger partial charge in [0.2, 0.25) is 15.9 Å². The van der Waals surface area contributed by atoms with Crippen LogP contribution < -0.4 is 16.2 Å². The van der Waals surface area contributed by atoms with Crippen LogP contribution in [0.15, 0.2) is 29.2 Å². The highest BCUT2D eigenvalue weighted by molar-refractivity contribution is 7.89. The number of anilines is 1. The van der Waals surface area contributed by atoms with E-state index < -0.39 is 15.4 Å². The van der Waals surface area contributed by atoms with Gasteiger partial charge in [0.1, 0.15) is 4.90 Å². The van der Waals surface area contributed by atoms with Crippen molar-refractivity contribution in [2.75, 3.05) is 11.9 Å². The van der Waals surface area contributed by atoms with Crippen molar-refractivity contribution in [2.45, 2.75) is 18.7 Å². The minimum Gasteiger partial charge on any atom is -0.329 e. The van der Waals surface area contributed by atoms with Gasteiger partial charge in [-0.1, -0.05) is 12.1 Å². The third-order valence-corrected chi connectivity index (χ3v) is 3.54. The standard InChI is InChI=1S/C11H17N3O3S/c1-11(2,7-12)10(15)14-8-5-3-4-6-9(8)18(13,16)17/h3-6H,7,12H2,1-2H3,(H,14,15)(H2,13,16,17). The zero-order chi connectivity index (χ0) is 14.0. The number of sulfonamides is 1. The molecule has 0 heterocycles. The van der Waals surface area contributed by atoms with Gasteiger partial charge in [-0.2, -0.15) is 0 Å². The van der Waals surface area contributed by atoms with E-state index in [2.05, 4.69) is 5.32 Å². The quantitative estimate of drug-likeness (QED) is 0.728. The summed E-state index contributed by atoms with van der Waals surface area (Å²) in [5, 5.41) is 7.60. The number of benzene rings is 1. The molecule has 0 fully saturated rings. The summed E-state index contributed by atoms with van der Waals surface area (Å²) >= 11 is 0. The summed E-state index contributed by atoms with van der Waals surface area (Å²) in [6.07, 6.45) is 0. The van der Waals surface area contributed by atoms with Crippen LogP contribution in [-0.4, -0.2) is 20.9 Å². The number of amides is 1. The third-order valence-electron chi connectivity index (χ3n) is 2.57.